The van der Waals surface area contributed by atoms with E-state index < -0.39 is 5.97 Å². The Morgan fingerprint density at radius 3 is 2.55 bits per heavy atom. The third-order valence-corrected chi connectivity index (χ3v) is 6.19. The van der Waals surface area contributed by atoms with Crippen molar-refractivity contribution < 1.29 is 39.5 Å². The number of unbranched alkanes of at least 4 members (excludes halogenated alkanes) is 3. The van der Waals surface area contributed by atoms with Crippen LogP contribution in [0.15, 0.2) is 59.8 Å². The second-order valence-corrected chi connectivity index (χ2v) is 8.21. The average molecular weight is 442 g/mol. The van der Waals surface area contributed by atoms with E-state index in [1.54, 1.807) is 18.0 Å². The number of rotatable bonds is 10. The Morgan fingerprint density at radius 2 is 1.81 bits per heavy atom. The number of hydrogen-bond acceptors (Lipinski definition) is 6. The van der Waals surface area contributed by atoms with Crippen LogP contribution < -0.4 is 39.6 Å². The maximum atomic E-state index is 10.5. The molecule has 0 aliphatic rings. The molecule has 0 N–H and O–H groups in total. The molecular weight excluding hydrogens is 417 g/mol. The van der Waals surface area contributed by atoms with E-state index in [4.69, 9.17) is 0 Å². The predicted octanol–water partition coefficient (Wildman–Crippen LogP) is 1.67. The minimum absolute atomic E-state index is 0. The van der Waals surface area contributed by atoms with Gasteiger partial charge in [0.1, 0.15) is 0 Å². The van der Waals surface area contributed by atoms with Gasteiger partial charge in [-0.2, -0.15) is 5.26 Å². The van der Waals surface area contributed by atoms with Crippen LogP contribution >= 0.6 is 11.8 Å². The SMILES string of the molecule is CN(c1cnccc1SCCCCCCC(=O)[O-])c1ccc(C#N)c2ccccc12.[Na+]. The number of aliphatic carboxylic acids is 1. The molecule has 2 aromatic carbocycles. The Kier molecular flexibility index (Phi) is 10.4. The topological polar surface area (TPSA) is 80.1 Å². The van der Waals surface area contributed by atoms with Crippen molar-refractivity contribution in [1.82, 2.24) is 4.98 Å². The van der Waals surface area contributed by atoms with E-state index in [0.29, 0.717) is 12.0 Å². The first kappa shape index (κ1) is 25.2. The maximum absolute atomic E-state index is 10.5. The van der Waals surface area contributed by atoms with Crippen LogP contribution in [0.2, 0.25) is 0 Å². The van der Waals surface area contributed by atoms with Crippen molar-refractivity contribution in [3.05, 3.63) is 60.4 Å². The van der Waals surface area contributed by atoms with Crippen molar-refractivity contribution >= 4 is 39.9 Å². The third-order valence-electron chi connectivity index (χ3n) is 5.04. The number of thioether (sulfide) groups is 1. The van der Waals surface area contributed by atoms with Gasteiger partial charge in [-0.1, -0.05) is 37.1 Å². The van der Waals surface area contributed by atoms with Crippen LogP contribution in [-0.2, 0) is 4.79 Å². The second-order valence-electron chi connectivity index (χ2n) is 7.08. The van der Waals surface area contributed by atoms with Crippen molar-refractivity contribution in [2.24, 2.45) is 0 Å². The van der Waals surface area contributed by atoms with Crippen molar-refractivity contribution in [2.75, 3.05) is 17.7 Å². The average Bonchev–Trinajstić information content (AvgIpc) is 2.77. The number of carbonyl (C=O) groups excluding carboxylic acids is 1. The van der Waals surface area contributed by atoms with Crippen LogP contribution in [0.3, 0.4) is 0 Å². The Labute approximate surface area is 209 Å². The molecule has 0 atom stereocenters. The van der Waals surface area contributed by atoms with Gasteiger partial charge in [-0.25, -0.2) is 0 Å². The predicted molar refractivity (Wildman–Crippen MR) is 120 cm³/mol. The zero-order chi connectivity index (χ0) is 21.3. The molecule has 0 radical (unpaired) electrons. The van der Waals surface area contributed by atoms with E-state index >= 15 is 0 Å². The first-order chi connectivity index (χ1) is 14.6. The molecule has 0 unspecified atom stereocenters. The fraction of sp³-hybridized carbons (Fsp3) is 0.292. The van der Waals surface area contributed by atoms with E-state index in [2.05, 4.69) is 16.0 Å². The number of aromatic nitrogens is 1. The molecule has 31 heavy (non-hydrogen) atoms. The number of anilines is 2. The van der Waals surface area contributed by atoms with E-state index in [-0.39, 0.29) is 36.0 Å². The van der Waals surface area contributed by atoms with Crippen LogP contribution in [0.25, 0.3) is 10.8 Å². The molecule has 0 aliphatic carbocycles. The van der Waals surface area contributed by atoms with E-state index in [0.717, 1.165) is 52.1 Å². The van der Waals surface area contributed by atoms with Gasteiger partial charge in [0.05, 0.1) is 23.5 Å². The third kappa shape index (κ3) is 6.72. The molecule has 3 rings (SSSR count). The van der Waals surface area contributed by atoms with Gasteiger partial charge < -0.3 is 14.8 Å². The van der Waals surface area contributed by atoms with Crippen molar-refractivity contribution in [1.29, 1.82) is 5.26 Å². The summed E-state index contributed by atoms with van der Waals surface area (Å²) >= 11 is 1.78. The zero-order valence-corrected chi connectivity index (χ0v) is 20.8. The first-order valence-corrected chi connectivity index (χ1v) is 11.0. The molecule has 1 aromatic heterocycles. The molecule has 0 aliphatic heterocycles. The molecule has 5 nitrogen and oxygen atoms in total. The molecule has 0 amide bonds. The van der Waals surface area contributed by atoms with Gasteiger partial charge >= 0.3 is 29.6 Å². The van der Waals surface area contributed by atoms with Crippen molar-refractivity contribution in [3.63, 3.8) is 0 Å². The number of carboxylic acid groups (broad SMARTS) is 1. The minimum Gasteiger partial charge on any atom is -0.550 e. The summed E-state index contributed by atoms with van der Waals surface area (Å²) in [4.78, 5) is 18.1. The summed E-state index contributed by atoms with van der Waals surface area (Å²) in [5, 5.41) is 21.9. The fourth-order valence-electron chi connectivity index (χ4n) is 3.46. The summed E-state index contributed by atoms with van der Waals surface area (Å²) in [6.07, 6.45) is 7.45. The van der Waals surface area contributed by atoms with Crippen LogP contribution in [0.1, 0.15) is 37.7 Å². The Morgan fingerprint density at radius 1 is 1.06 bits per heavy atom. The fourth-order valence-corrected chi connectivity index (χ4v) is 4.52. The molecule has 0 bridgehead atoms. The van der Waals surface area contributed by atoms with Crippen LogP contribution in [0.4, 0.5) is 11.4 Å². The van der Waals surface area contributed by atoms with Crippen LogP contribution in [0.5, 0.6) is 0 Å². The van der Waals surface area contributed by atoms with Gasteiger partial charge in [0.25, 0.3) is 0 Å². The smallest absolute Gasteiger partial charge is 0.550 e. The summed E-state index contributed by atoms with van der Waals surface area (Å²) in [7, 11) is 2.02. The molecule has 3 aromatic rings. The summed E-state index contributed by atoms with van der Waals surface area (Å²) in [5.41, 5.74) is 2.72. The monoisotopic (exact) mass is 441 g/mol. The molecule has 0 saturated heterocycles. The van der Waals surface area contributed by atoms with Gasteiger partial charge in [-0.15, -0.1) is 11.8 Å². The number of nitriles is 1. The number of pyridine rings is 1. The van der Waals surface area contributed by atoms with Crippen molar-refractivity contribution in [3.8, 4) is 6.07 Å². The normalized spacial score (nSPS) is 10.3. The van der Waals surface area contributed by atoms with Crippen LogP contribution in [-0.4, -0.2) is 23.8 Å². The largest absolute Gasteiger partial charge is 1.00 e. The first-order valence-electron chi connectivity index (χ1n) is 10.0. The Bertz CT molecular complexity index is 1070. The van der Waals surface area contributed by atoms with Gasteiger partial charge in [0, 0.05) is 40.6 Å². The molecule has 1 heterocycles. The van der Waals surface area contributed by atoms with Gasteiger partial charge in [-0.05, 0) is 43.2 Å². The van der Waals surface area contributed by atoms with E-state index in [9.17, 15) is 15.2 Å². The van der Waals surface area contributed by atoms with E-state index in [1.165, 1.54) is 0 Å². The standard InChI is InChI=1S/C24H25N3O2S.Na/c1-27(21-12-11-18(16-25)19-8-5-6-9-20(19)21)22-17-26-14-13-23(22)30-15-7-3-2-4-10-24(28)29;/h5-6,8-9,11-14,17H,2-4,7,10,15H2,1H3,(H,28,29);/q;+1/p-1. The number of hydrogen-bond donors (Lipinski definition) is 0. The quantitative estimate of drug-likeness (QED) is 0.271. The summed E-state index contributed by atoms with van der Waals surface area (Å²) < 4.78 is 0. The number of benzene rings is 2. The molecule has 154 valence electrons. The Hall–Kier alpha value is -2.04. The molecule has 0 saturated carbocycles. The summed E-state index contributed by atoms with van der Waals surface area (Å²) in [5.74, 6) is -0.00577. The van der Waals surface area contributed by atoms with Gasteiger partial charge in [0.2, 0.25) is 0 Å². The molecule has 7 heteroatoms. The Balaban J connectivity index is 0.00000341. The summed E-state index contributed by atoms with van der Waals surface area (Å²) in [6, 6.07) is 16.1. The van der Waals surface area contributed by atoms with Gasteiger partial charge in [-0.3, -0.25) is 4.98 Å². The zero-order valence-electron chi connectivity index (χ0n) is 18.0. The van der Waals surface area contributed by atoms with Gasteiger partial charge in [0.15, 0.2) is 0 Å². The number of carbonyl (C=O) groups is 1. The summed E-state index contributed by atoms with van der Waals surface area (Å²) in [6.45, 7) is 0. The number of nitrogens with zero attached hydrogens (tertiary/aromatic N) is 3. The molecule has 0 spiro atoms. The van der Waals surface area contributed by atoms with Crippen LogP contribution in [0, 0.1) is 11.3 Å². The second kappa shape index (κ2) is 12.7. The number of fused-ring (bicyclic) bond motifs is 1. The molecular formula is C24H24N3NaO2S. The minimum atomic E-state index is -0.968. The molecule has 0 fully saturated rings. The van der Waals surface area contributed by atoms with E-state index in [1.807, 2.05) is 55.7 Å². The van der Waals surface area contributed by atoms with Crippen molar-refractivity contribution in [2.45, 2.75) is 37.0 Å². The maximum Gasteiger partial charge on any atom is 1.00 e. The number of carboxylic acids is 1.